The lowest BCUT2D eigenvalue weighted by molar-refractivity contribution is 0.150. The molecule has 0 atom stereocenters. The molecule has 0 spiro atoms. The van der Waals surface area contributed by atoms with Crippen molar-refractivity contribution >= 4 is 5.84 Å². The summed E-state index contributed by atoms with van der Waals surface area (Å²) >= 11 is 0. The van der Waals surface area contributed by atoms with Gasteiger partial charge in [-0.15, -0.1) is 0 Å². The molecule has 5 heteroatoms. The molecule has 0 bridgehead atoms. The highest BCUT2D eigenvalue weighted by Gasteiger charge is 2.17. The number of hydrogen-bond donors (Lipinski definition) is 2. The SMILES string of the molecule is N=C(N)c1c(F)cccc1C(F)F. The van der Waals surface area contributed by atoms with Crippen LogP contribution in [0.1, 0.15) is 17.6 Å². The van der Waals surface area contributed by atoms with Crippen molar-refractivity contribution in [1.29, 1.82) is 5.41 Å². The van der Waals surface area contributed by atoms with Gasteiger partial charge in [-0.25, -0.2) is 13.2 Å². The summed E-state index contributed by atoms with van der Waals surface area (Å²) in [5.74, 6) is -1.58. The standard InChI is InChI=1S/C8H7F3N2/c9-5-3-1-2-4(7(10)11)6(5)8(12)13/h1-3,7H,(H3,12,13). The Morgan fingerprint density at radius 1 is 1.38 bits per heavy atom. The summed E-state index contributed by atoms with van der Waals surface area (Å²) in [6, 6.07) is 3.19. The third kappa shape index (κ3) is 1.80. The second-order valence-electron chi connectivity index (χ2n) is 2.42. The van der Waals surface area contributed by atoms with E-state index in [1.54, 1.807) is 0 Å². The van der Waals surface area contributed by atoms with E-state index in [0.29, 0.717) is 0 Å². The van der Waals surface area contributed by atoms with Crippen LogP contribution >= 0.6 is 0 Å². The van der Waals surface area contributed by atoms with Gasteiger partial charge in [0.05, 0.1) is 5.56 Å². The van der Waals surface area contributed by atoms with Gasteiger partial charge in [0, 0.05) is 5.56 Å². The average Bonchev–Trinajstić information content (AvgIpc) is 2.02. The number of amidine groups is 1. The number of nitrogen functional groups attached to an aromatic ring is 1. The summed E-state index contributed by atoms with van der Waals surface area (Å²) in [5.41, 5.74) is 3.90. The van der Waals surface area contributed by atoms with Crippen LogP contribution in [0.4, 0.5) is 13.2 Å². The van der Waals surface area contributed by atoms with E-state index in [4.69, 9.17) is 11.1 Å². The molecule has 0 amide bonds. The van der Waals surface area contributed by atoms with Crippen molar-refractivity contribution in [3.63, 3.8) is 0 Å². The molecule has 3 N–H and O–H groups in total. The summed E-state index contributed by atoms with van der Waals surface area (Å²) < 4.78 is 37.4. The van der Waals surface area contributed by atoms with Crippen molar-refractivity contribution in [3.05, 3.63) is 35.1 Å². The molecule has 0 aromatic heterocycles. The summed E-state index contributed by atoms with van der Waals surface area (Å²) in [5, 5.41) is 6.91. The number of alkyl halides is 2. The maximum Gasteiger partial charge on any atom is 0.264 e. The van der Waals surface area contributed by atoms with Crippen molar-refractivity contribution in [3.8, 4) is 0 Å². The molecule has 1 aromatic carbocycles. The summed E-state index contributed by atoms with van der Waals surface area (Å²) in [7, 11) is 0. The van der Waals surface area contributed by atoms with Crippen LogP contribution in [-0.2, 0) is 0 Å². The normalized spacial score (nSPS) is 10.5. The lowest BCUT2D eigenvalue weighted by Gasteiger charge is -2.07. The van der Waals surface area contributed by atoms with Crippen LogP contribution in [0.25, 0.3) is 0 Å². The molecule has 0 radical (unpaired) electrons. The van der Waals surface area contributed by atoms with E-state index < -0.39 is 29.2 Å². The number of hydrogen-bond acceptors (Lipinski definition) is 1. The molecule has 70 valence electrons. The van der Waals surface area contributed by atoms with E-state index in [9.17, 15) is 13.2 Å². The van der Waals surface area contributed by atoms with E-state index in [1.165, 1.54) is 0 Å². The third-order valence-electron chi connectivity index (χ3n) is 1.55. The topological polar surface area (TPSA) is 49.9 Å². The lowest BCUT2D eigenvalue weighted by atomic mass is 10.1. The monoisotopic (exact) mass is 188 g/mol. The maximum absolute atomic E-state index is 12.9. The summed E-state index contributed by atoms with van der Waals surface area (Å²) in [6.45, 7) is 0. The zero-order valence-electron chi connectivity index (χ0n) is 6.52. The van der Waals surface area contributed by atoms with Gasteiger partial charge < -0.3 is 5.73 Å². The lowest BCUT2D eigenvalue weighted by Crippen LogP contribution is -2.16. The molecule has 0 saturated carbocycles. The quantitative estimate of drug-likeness (QED) is 0.541. The molecule has 1 aromatic rings. The van der Waals surface area contributed by atoms with Gasteiger partial charge in [-0.1, -0.05) is 12.1 Å². The third-order valence-corrected chi connectivity index (χ3v) is 1.55. The summed E-state index contributed by atoms with van der Waals surface area (Å²) in [4.78, 5) is 0. The highest BCUT2D eigenvalue weighted by molar-refractivity contribution is 5.96. The number of halogens is 3. The van der Waals surface area contributed by atoms with Crippen LogP contribution in [0, 0.1) is 11.2 Å². The van der Waals surface area contributed by atoms with Gasteiger partial charge in [0.15, 0.2) is 0 Å². The van der Waals surface area contributed by atoms with E-state index >= 15 is 0 Å². The van der Waals surface area contributed by atoms with Crippen molar-refractivity contribution in [2.24, 2.45) is 5.73 Å². The minimum absolute atomic E-state index is 0.516. The Morgan fingerprint density at radius 2 is 2.00 bits per heavy atom. The van der Waals surface area contributed by atoms with Crippen molar-refractivity contribution in [2.45, 2.75) is 6.43 Å². The Labute approximate surface area is 72.7 Å². The fourth-order valence-corrected chi connectivity index (χ4v) is 1.01. The second-order valence-corrected chi connectivity index (χ2v) is 2.42. The fourth-order valence-electron chi connectivity index (χ4n) is 1.01. The Hall–Kier alpha value is -1.52. The van der Waals surface area contributed by atoms with Gasteiger partial charge in [-0.05, 0) is 6.07 Å². The van der Waals surface area contributed by atoms with E-state index in [0.717, 1.165) is 18.2 Å². The molecule has 2 nitrogen and oxygen atoms in total. The van der Waals surface area contributed by atoms with Crippen LogP contribution in [0.2, 0.25) is 0 Å². The molecule has 0 aliphatic rings. The molecule has 13 heavy (non-hydrogen) atoms. The highest BCUT2D eigenvalue weighted by atomic mass is 19.3. The molecule has 0 saturated heterocycles. The smallest absolute Gasteiger partial charge is 0.264 e. The van der Waals surface area contributed by atoms with Gasteiger partial charge >= 0.3 is 0 Å². The minimum Gasteiger partial charge on any atom is -0.384 e. The first kappa shape index (κ1) is 9.57. The molecule has 0 aliphatic heterocycles. The first-order chi connectivity index (χ1) is 6.04. The van der Waals surface area contributed by atoms with Crippen LogP contribution in [0.5, 0.6) is 0 Å². The van der Waals surface area contributed by atoms with Gasteiger partial charge in [0.2, 0.25) is 0 Å². The highest BCUT2D eigenvalue weighted by Crippen LogP contribution is 2.24. The van der Waals surface area contributed by atoms with Crippen molar-refractivity contribution < 1.29 is 13.2 Å². The fraction of sp³-hybridized carbons (Fsp3) is 0.125. The molecular weight excluding hydrogens is 181 g/mol. The summed E-state index contributed by atoms with van der Waals surface area (Å²) in [6.07, 6.45) is -2.82. The first-order valence-corrected chi connectivity index (χ1v) is 3.45. The molecule has 1 rings (SSSR count). The molecule has 0 aliphatic carbocycles. The van der Waals surface area contributed by atoms with Crippen LogP contribution < -0.4 is 5.73 Å². The molecule has 0 heterocycles. The Kier molecular flexibility index (Phi) is 2.55. The predicted octanol–water partition coefficient (Wildman–Crippen LogP) is 2.05. The zero-order valence-corrected chi connectivity index (χ0v) is 6.52. The van der Waals surface area contributed by atoms with Crippen molar-refractivity contribution in [1.82, 2.24) is 0 Å². The molecule has 0 unspecified atom stereocenters. The van der Waals surface area contributed by atoms with Crippen LogP contribution in [0.3, 0.4) is 0 Å². The van der Waals surface area contributed by atoms with Gasteiger partial charge in [-0.3, -0.25) is 5.41 Å². The minimum atomic E-state index is -2.82. The van der Waals surface area contributed by atoms with Crippen LogP contribution in [0.15, 0.2) is 18.2 Å². The number of benzene rings is 1. The average molecular weight is 188 g/mol. The Morgan fingerprint density at radius 3 is 2.38 bits per heavy atom. The van der Waals surface area contributed by atoms with E-state index in [2.05, 4.69) is 0 Å². The van der Waals surface area contributed by atoms with Crippen LogP contribution in [-0.4, -0.2) is 5.84 Å². The molecular formula is C8H7F3N2. The first-order valence-electron chi connectivity index (χ1n) is 3.45. The van der Waals surface area contributed by atoms with Gasteiger partial charge in [0.25, 0.3) is 6.43 Å². The largest absolute Gasteiger partial charge is 0.384 e. The Balaban J connectivity index is 3.34. The molecule has 0 fully saturated rings. The zero-order chi connectivity index (χ0) is 10.0. The van der Waals surface area contributed by atoms with Crippen molar-refractivity contribution in [2.75, 3.05) is 0 Å². The van der Waals surface area contributed by atoms with E-state index in [-0.39, 0.29) is 0 Å². The number of nitrogens with one attached hydrogen (secondary N) is 1. The number of nitrogens with two attached hydrogens (primary N) is 1. The maximum atomic E-state index is 12.9. The van der Waals surface area contributed by atoms with E-state index in [1.807, 2.05) is 0 Å². The number of rotatable bonds is 2. The van der Waals surface area contributed by atoms with Gasteiger partial charge in [-0.2, -0.15) is 0 Å². The van der Waals surface area contributed by atoms with Gasteiger partial charge in [0.1, 0.15) is 11.7 Å². The predicted molar refractivity (Wildman–Crippen MR) is 42.4 cm³/mol. The Bertz CT molecular complexity index is 336. The second kappa shape index (κ2) is 3.47.